The Morgan fingerprint density at radius 1 is 1.31 bits per heavy atom. The summed E-state index contributed by atoms with van der Waals surface area (Å²) in [5.74, 6) is 1.46. The van der Waals surface area contributed by atoms with E-state index in [-0.39, 0.29) is 24.0 Å². The SMILES string of the molecule is CCNC(=NCCc1csc(C(C)C)n1)NC1CCN(C(C)C)CC1.I. The van der Waals surface area contributed by atoms with E-state index in [0.29, 0.717) is 18.0 Å². The van der Waals surface area contributed by atoms with Gasteiger partial charge in [-0.05, 0) is 33.6 Å². The molecule has 0 saturated carbocycles. The molecule has 1 aromatic rings. The van der Waals surface area contributed by atoms with Crippen molar-refractivity contribution in [3.8, 4) is 0 Å². The highest BCUT2D eigenvalue weighted by Crippen LogP contribution is 2.19. The van der Waals surface area contributed by atoms with Crippen LogP contribution >= 0.6 is 35.3 Å². The van der Waals surface area contributed by atoms with Gasteiger partial charge in [-0.2, -0.15) is 0 Å². The van der Waals surface area contributed by atoms with Crippen LogP contribution in [0.25, 0.3) is 0 Å². The van der Waals surface area contributed by atoms with E-state index >= 15 is 0 Å². The summed E-state index contributed by atoms with van der Waals surface area (Å²) >= 11 is 1.76. The van der Waals surface area contributed by atoms with Crippen LogP contribution in [-0.4, -0.2) is 54.1 Å². The molecule has 1 aliphatic rings. The van der Waals surface area contributed by atoms with E-state index in [1.807, 2.05) is 0 Å². The zero-order chi connectivity index (χ0) is 18.2. The lowest BCUT2D eigenvalue weighted by molar-refractivity contribution is 0.167. The molecule has 1 aliphatic heterocycles. The Balaban J connectivity index is 0.00000338. The summed E-state index contributed by atoms with van der Waals surface area (Å²) in [5, 5.41) is 10.4. The molecule has 1 fully saturated rings. The van der Waals surface area contributed by atoms with Gasteiger partial charge in [0.25, 0.3) is 0 Å². The Morgan fingerprint density at radius 3 is 2.54 bits per heavy atom. The minimum Gasteiger partial charge on any atom is -0.357 e. The molecule has 7 heteroatoms. The fraction of sp³-hybridized carbons (Fsp3) is 0.789. The van der Waals surface area contributed by atoms with Crippen molar-refractivity contribution in [3.63, 3.8) is 0 Å². The second-order valence-corrected chi connectivity index (χ2v) is 8.28. The largest absolute Gasteiger partial charge is 0.357 e. The summed E-state index contributed by atoms with van der Waals surface area (Å²) in [6, 6.07) is 1.18. The van der Waals surface area contributed by atoms with Crippen molar-refractivity contribution in [1.82, 2.24) is 20.5 Å². The number of thiazole rings is 1. The van der Waals surface area contributed by atoms with Crippen molar-refractivity contribution in [2.75, 3.05) is 26.2 Å². The second-order valence-electron chi connectivity index (χ2n) is 7.39. The number of likely N-dealkylation sites (tertiary alicyclic amines) is 1. The zero-order valence-corrected chi connectivity index (χ0v) is 20.1. The molecule has 150 valence electrons. The van der Waals surface area contributed by atoms with Gasteiger partial charge in [0.05, 0.1) is 10.7 Å². The number of rotatable bonds is 7. The average molecular weight is 494 g/mol. The molecule has 0 bridgehead atoms. The van der Waals surface area contributed by atoms with Crippen LogP contribution in [0.2, 0.25) is 0 Å². The van der Waals surface area contributed by atoms with Gasteiger partial charge in [0.1, 0.15) is 0 Å². The maximum Gasteiger partial charge on any atom is 0.191 e. The van der Waals surface area contributed by atoms with Crippen molar-refractivity contribution in [3.05, 3.63) is 16.1 Å². The minimum atomic E-state index is 0. The van der Waals surface area contributed by atoms with E-state index < -0.39 is 0 Å². The Bertz CT molecular complexity index is 536. The molecule has 0 spiro atoms. The number of nitrogens with one attached hydrogen (secondary N) is 2. The van der Waals surface area contributed by atoms with Gasteiger partial charge in [-0.25, -0.2) is 4.98 Å². The van der Waals surface area contributed by atoms with Crippen LogP contribution in [0.5, 0.6) is 0 Å². The molecule has 0 aromatic carbocycles. The van der Waals surface area contributed by atoms with Crippen molar-refractivity contribution in [2.45, 2.75) is 71.9 Å². The molecule has 1 aromatic heterocycles. The molecule has 0 amide bonds. The number of piperidine rings is 1. The fourth-order valence-electron chi connectivity index (χ4n) is 3.06. The highest BCUT2D eigenvalue weighted by atomic mass is 127. The van der Waals surface area contributed by atoms with E-state index in [9.17, 15) is 0 Å². The quantitative estimate of drug-likeness (QED) is 0.344. The summed E-state index contributed by atoms with van der Waals surface area (Å²) in [5.41, 5.74) is 1.17. The lowest BCUT2D eigenvalue weighted by Crippen LogP contribution is -2.49. The molecular weight excluding hydrogens is 457 g/mol. The first kappa shape index (κ1) is 23.6. The van der Waals surface area contributed by atoms with Gasteiger partial charge >= 0.3 is 0 Å². The van der Waals surface area contributed by atoms with E-state index in [1.54, 1.807) is 11.3 Å². The molecular formula is C19H36IN5S. The highest BCUT2D eigenvalue weighted by Gasteiger charge is 2.21. The molecule has 5 nitrogen and oxygen atoms in total. The number of halogens is 1. The Labute approximate surface area is 180 Å². The average Bonchev–Trinajstić information content (AvgIpc) is 3.05. The maximum atomic E-state index is 4.76. The highest BCUT2D eigenvalue weighted by molar-refractivity contribution is 14.0. The third-order valence-electron chi connectivity index (χ3n) is 4.65. The standard InChI is InChI=1S/C19H35N5S.HI/c1-6-20-19(23-16-8-11-24(12-9-16)15(4)5)21-10-7-17-13-25-18(22-17)14(2)3;/h13-16H,6-12H2,1-5H3,(H2,20,21,23);1H. The van der Waals surface area contributed by atoms with E-state index in [4.69, 9.17) is 9.98 Å². The van der Waals surface area contributed by atoms with Crippen LogP contribution in [0.1, 0.15) is 64.1 Å². The predicted molar refractivity (Wildman–Crippen MR) is 124 cm³/mol. The first-order valence-electron chi connectivity index (χ1n) is 9.72. The molecule has 2 N–H and O–H groups in total. The normalized spacial score (nSPS) is 16.8. The molecule has 0 radical (unpaired) electrons. The Morgan fingerprint density at radius 2 is 2.00 bits per heavy atom. The molecule has 0 atom stereocenters. The molecule has 2 heterocycles. The van der Waals surface area contributed by atoms with Crippen molar-refractivity contribution >= 4 is 41.3 Å². The van der Waals surface area contributed by atoms with Gasteiger partial charge in [0, 0.05) is 56.0 Å². The smallest absolute Gasteiger partial charge is 0.191 e. The Hall–Kier alpha value is -0.410. The monoisotopic (exact) mass is 493 g/mol. The van der Waals surface area contributed by atoms with Crippen LogP contribution in [0.15, 0.2) is 10.4 Å². The third-order valence-corrected chi connectivity index (χ3v) is 5.84. The maximum absolute atomic E-state index is 4.76. The van der Waals surface area contributed by atoms with Crippen LogP contribution in [-0.2, 0) is 6.42 Å². The molecule has 2 rings (SSSR count). The summed E-state index contributed by atoms with van der Waals surface area (Å²) in [6.45, 7) is 15.1. The van der Waals surface area contributed by atoms with Crippen molar-refractivity contribution < 1.29 is 0 Å². The Kier molecular flexibility index (Phi) is 11.0. The third kappa shape index (κ3) is 7.68. The number of hydrogen-bond donors (Lipinski definition) is 2. The van der Waals surface area contributed by atoms with Gasteiger partial charge < -0.3 is 15.5 Å². The topological polar surface area (TPSA) is 52.6 Å². The summed E-state index contributed by atoms with van der Waals surface area (Å²) in [6.07, 6.45) is 3.28. The first-order valence-corrected chi connectivity index (χ1v) is 10.6. The molecule has 26 heavy (non-hydrogen) atoms. The van der Waals surface area contributed by atoms with Gasteiger partial charge in [-0.15, -0.1) is 35.3 Å². The van der Waals surface area contributed by atoms with Crippen molar-refractivity contribution in [2.24, 2.45) is 4.99 Å². The second kappa shape index (κ2) is 12.1. The molecule has 1 saturated heterocycles. The number of aromatic nitrogens is 1. The number of nitrogens with zero attached hydrogens (tertiary/aromatic N) is 3. The fourth-order valence-corrected chi connectivity index (χ4v) is 3.93. The van der Waals surface area contributed by atoms with E-state index in [2.05, 4.69) is 55.5 Å². The van der Waals surface area contributed by atoms with Crippen LogP contribution in [0.3, 0.4) is 0 Å². The summed E-state index contributed by atoms with van der Waals surface area (Å²) in [4.78, 5) is 12.0. The zero-order valence-electron chi connectivity index (χ0n) is 16.9. The van der Waals surface area contributed by atoms with Crippen LogP contribution in [0.4, 0.5) is 0 Å². The molecule has 0 aliphatic carbocycles. The van der Waals surface area contributed by atoms with Gasteiger partial charge in [0.15, 0.2) is 5.96 Å². The lowest BCUT2D eigenvalue weighted by atomic mass is 10.0. The van der Waals surface area contributed by atoms with Gasteiger partial charge in [-0.3, -0.25) is 4.99 Å². The number of aliphatic imine (C=N–C) groups is 1. The number of guanidine groups is 1. The van der Waals surface area contributed by atoms with Gasteiger partial charge in [0.2, 0.25) is 0 Å². The van der Waals surface area contributed by atoms with Crippen molar-refractivity contribution in [1.29, 1.82) is 0 Å². The van der Waals surface area contributed by atoms with E-state index in [1.165, 1.54) is 36.6 Å². The van der Waals surface area contributed by atoms with Crippen LogP contribution < -0.4 is 10.6 Å². The summed E-state index contributed by atoms with van der Waals surface area (Å²) in [7, 11) is 0. The summed E-state index contributed by atoms with van der Waals surface area (Å²) < 4.78 is 0. The number of hydrogen-bond acceptors (Lipinski definition) is 4. The van der Waals surface area contributed by atoms with E-state index in [0.717, 1.165) is 25.5 Å². The predicted octanol–water partition coefficient (Wildman–Crippen LogP) is 3.85. The first-order chi connectivity index (χ1) is 12.0. The lowest BCUT2D eigenvalue weighted by Gasteiger charge is -2.35. The van der Waals surface area contributed by atoms with Gasteiger partial charge in [-0.1, -0.05) is 13.8 Å². The molecule has 0 unspecified atom stereocenters. The minimum absolute atomic E-state index is 0. The van der Waals surface area contributed by atoms with Crippen LogP contribution in [0, 0.1) is 0 Å².